The van der Waals surface area contributed by atoms with Gasteiger partial charge in [0.05, 0.1) is 6.10 Å². The number of hydrogen-bond donors (Lipinski definition) is 1. The van der Waals surface area contributed by atoms with Gasteiger partial charge in [-0.1, -0.05) is 32.9 Å². The van der Waals surface area contributed by atoms with Crippen molar-refractivity contribution >= 4 is 0 Å². The highest BCUT2D eigenvalue weighted by atomic mass is 19.2. The van der Waals surface area contributed by atoms with Gasteiger partial charge in [-0.15, -0.1) is 0 Å². The maximum Gasteiger partial charge on any atom is 0.164 e. The summed E-state index contributed by atoms with van der Waals surface area (Å²) in [6.45, 7) is 5.30. The second-order valence-electron chi connectivity index (χ2n) is 4.41. The largest absolute Gasteiger partial charge is 0.388 e. The number of hydrogen-bond acceptors (Lipinski definition) is 1. The van der Waals surface area contributed by atoms with E-state index in [2.05, 4.69) is 0 Å². The third kappa shape index (κ3) is 2.10. The molecule has 0 radical (unpaired) electrons. The Bertz CT molecular complexity index is 329. The van der Waals surface area contributed by atoms with E-state index in [1.54, 1.807) is 20.8 Å². The molecule has 1 aromatic carbocycles. The summed E-state index contributed by atoms with van der Waals surface area (Å²) in [6.07, 6.45) is -1.00. The Morgan fingerprint density at radius 1 is 1.21 bits per heavy atom. The molecule has 0 saturated heterocycles. The maximum absolute atomic E-state index is 13.2. The summed E-state index contributed by atoms with van der Waals surface area (Å²) in [4.78, 5) is 0. The second kappa shape index (κ2) is 3.65. The van der Waals surface area contributed by atoms with Crippen molar-refractivity contribution in [2.24, 2.45) is 5.41 Å². The van der Waals surface area contributed by atoms with Crippen LogP contribution in [0.25, 0.3) is 0 Å². The van der Waals surface area contributed by atoms with Gasteiger partial charge in [0.1, 0.15) is 0 Å². The first-order valence-electron chi connectivity index (χ1n) is 4.46. The van der Waals surface area contributed by atoms with E-state index in [4.69, 9.17) is 0 Å². The molecule has 0 bridgehead atoms. The molecule has 0 aliphatic rings. The molecule has 0 aliphatic carbocycles. The van der Waals surface area contributed by atoms with Crippen LogP contribution in [0.1, 0.15) is 32.4 Å². The normalized spacial score (nSPS) is 14.1. The fourth-order valence-corrected chi connectivity index (χ4v) is 1.20. The average Bonchev–Trinajstić information content (AvgIpc) is 2.07. The highest BCUT2D eigenvalue weighted by molar-refractivity contribution is 5.22. The first kappa shape index (κ1) is 11.1. The molecular formula is C11H14F2O. The second-order valence-corrected chi connectivity index (χ2v) is 4.41. The molecule has 14 heavy (non-hydrogen) atoms. The summed E-state index contributed by atoms with van der Waals surface area (Å²) in [5, 5.41) is 9.76. The lowest BCUT2D eigenvalue weighted by atomic mass is 9.84. The van der Waals surface area contributed by atoms with Crippen LogP contribution in [0, 0.1) is 17.0 Å². The van der Waals surface area contributed by atoms with E-state index < -0.39 is 23.2 Å². The minimum absolute atomic E-state index is 0.0116. The lowest BCUT2D eigenvalue weighted by Gasteiger charge is -2.26. The fourth-order valence-electron chi connectivity index (χ4n) is 1.20. The molecule has 1 atom stereocenters. The molecule has 0 aliphatic heterocycles. The molecular weight excluding hydrogens is 186 g/mol. The molecule has 1 aromatic rings. The summed E-state index contributed by atoms with van der Waals surface area (Å²) in [7, 11) is 0. The van der Waals surface area contributed by atoms with Crippen LogP contribution in [-0.4, -0.2) is 5.11 Å². The van der Waals surface area contributed by atoms with Crippen LogP contribution in [0.15, 0.2) is 18.2 Å². The third-order valence-electron chi connectivity index (χ3n) is 2.10. The maximum atomic E-state index is 13.2. The van der Waals surface area contributed by atoms with E-state index in [0.29, 0.717) is 0 Å². The van der Waals surface area contributed by atoms with Crippen molar-refractivity contribution in [3.8, 4) is 0 Å². The monoisotopic (exact) mass is 200 g/mol. The van der Waals surface area contributed by atoms with Gasteiger partial charge in [-0.25, -0.2) is 8.78 Å². The van der Waals surface area contributed by atoms with Crippen molar-refractivity contribution in [3.63, 3.8) is 0 Å². The molecule has 0 fully saturated rings. The topological polar surface area (TPSA) is 20.2 Å². The summed E-state index contributed by atoms with van der Waals surface area (Å²) in [5.74, 6) is -1.89. The molecule has 0 saturated carbocycles. The smallest absolute Gasteiger partial charge is 0.164 e. The van der Waals surface area contributed by atoms with Crippen LogP contribution < -0.4 is 0 Å². The van der Waals surface area contributed by atoms with E-state index >= 15 is 0 Å². The first-order chi connectivity index (χ1) is 6.34. The Balaban J connectivity index is 3.14. The molecule has 0 amide bonds. The molecule has 1 unspecified atom stereocenters. The molecule has 0 aromatic heterocycles. The Morgan fingerprint density at radius 3 is 2.29 bits per heavy atom. The standard InChI is InChI=1S/C11H14F2O/c1-11(2,3)10(14)7-5-4-6-8(12)9(7)13/h4-6,10,14H,1-3H3. The number of aliphatic hydroxyl groups is 1. The highest BCUT2D eigenvalue weighted by Gasteiger charge is 2.27. The van der Waals surface area contributed by atoms with Crippen molar-refractivity contribution < 1.29 is 13.9 Å². The molecule has 1 N–H and O–H groups in total. The number of aliphatic hydroxyl groups excluding tert-OH is 1. The van der Waals surface area contributed by atoms with Crippen molar-refractivity contribution in [1.29, 1.82) is 0 Å². The van der Waals surface area contributed by atoms with E-state index in [0.717, 1.165) is 6.07 Å². The van der Waals surface area contributed by atoms with Crippen molar-refractivity contribution in [2.45, 2.75) is 26.9 Å². The number of benzene rings is 1. The predicted octanol–water partition coefficient (Wildman–Crippen LogP) is 3.04. The zero-order valence-electron chi connectivity index (χ0n) is 8.51. The van der Waals surface area contributed by atoms with Gasteiger partial charge in [0.15, 0.2) is 11.6 Å². The van der Waals surface area contributed by atoms with Crippen LogP contribution in [0.3, 0.4) is 0 Å². The minimum Gasteiger partial charge on any atom is -0.388 e. The average molecular weight is 200 g/mol. The van der Waals surface area contributed by atoms with Gasteiger partial charge in [0, 0.05) is 5.56 Å². The van der Waals surface area contributed by atoms with Gasteiger partial charge in [0.2, 0.25) is 0 Å². The summed E-state index contributed by atoms with van der Waals surface area (Å²) in [5.41, 5.74) is -0.494. The van der Waals surface area contributed by atoms with E-state index in [1.807, 2.05) is 0 Å². The van der Waals surface area contributed by atoms with Gasteiger partial charge in [-0.3, -0.25) is 0 Å². The molecule has 1 rings (SSSR count). The van der Waals surface area contributed by atoms with E-state index in [-0.39, 0.29) is 5.56 Å². The Kier molecular flexibility index (Phi) is 2.90. The number of rotatable bonds is 1. The van der Waals surface area contributed by atoms with Crippen LogP contribution >= 0.6 is 0 Å². The number of halogens is 2. The van der Waals surface area contributed by atoms with Crippen LogP contribution in [0.4, 0.5) is 8.78 Å². The van der Waals surface area contributed by atoms with Gasteiger partial charge < -0.3 is 5.11 Å². The molecule has 1 nitrogen and oxygen atoms in total. The van der Waals surface area contributed by atoms with Gasteiger partial charge in [0.25, 0.3) is 0 Å². The van der Waals surface area contributed by atoms with E-state index in [1.165, 1.54) is 12.1 Å². The lowest BCUT2D eigenvalue weighted by Crippen LogP contribution is -2.19. The minimum atomic E-state index is -1.00. The summed E-state index contributed by atoms with van der Waals surface area (Å²) >= 11 is 0. The Hall–Kier alpha value is -0.960. The first-order valence-corrected chi connectivity index (χ1v) is 4.46. The van der Waals surface area contributed by atoms with Crippen molar-refractivity contribution in [1.82, 2.24) is 0 Å². The fraction of sp³-hybridized carbons (Fsp3) is 0.455. The Morgan fingerprint density at radius 2 is 1.79 bits per heavy atom. The molecule has 0 spiro atoms. The van der Waals surface area contributed by atoms with Gasteiger partial charge in [-0.2, -0.15) is 0 Å². The van der Waals surface area contributed by atoms with Crippen molar-refractivity contribution in [2.75, 3.05) is 0 Å². The molecule has 78 valence electrons. The lowest BCUT2D eigenvalue weighted by molar-refractivity contribution is 0.0588. The third-order valence-corrected chi connectivity index (χ3v) is 2.10. The van der Waals surface area contributed by atoms with Crippen molar-refractivity contribution in [3.05, 3.63) is 35.4 Å². The molecule has 3 heteroatoms. The van der Waals surface area contributed by atoms with Crippen LogP contribution in [0.2, 0.25) is 0 Å². The summed E-state index contributed by atoms with van der Waals surface area (Å²) < 4.78 is 26.1. The highest BCUT2D eigenvalue weighted by Crippen LogP contribution is 2.34. The predicted molar refractivity (Wildman–Crippen MR) is 50.8 cm³/mol. The zero-order valence-corrected chi connectivity index (χ0v) is 8.51. The SMILES string of the molecule is CC(C)(C)C(O)c1cccc(F)c1F. The molecule has 0 heterocycles. The Labute approximate surface area is 82.4 Å². The zero-order chi connectivity index (χ0) is 10.9. The summed E-state index contributed by atoms with van der Waals surface area (Å²) in [6, 6.07) is 3.82. The van der Waals surface area contributed by atoms with Crippen LogP contribution in [0.5, 0.6) is 0 Å². The quantitative estimate of drug-likeness (QED) is 0.738. The van der Waals surface area contributed by atoms with Gasteiger partial charge in [-0.05, 0) is 11.5 Å². The van der Waals surface area contributed by atoms with Gasteiger partial charge >= 0.3 is 0 Å². The van der Waals surface area contributed by atoms with E-state index in [9.17, 15) is 13.9 Å². The van der Waals surface area contributed by atoms with Crippen LogP contribution in [-0.2, 0) is 0 Å².